The van der Waals surface area contributed by atoms with Crippen molar-refractivity contribution in [3.8, 4) is 11.8 Å². The van der Waals surface area contributed by atoms with Crippen molar-refractivity contribution in [3.63, 3.8) is 0 Å². The van der Waals surface area contributed by atoms with E-state index in [1.54, 1.807) is 0 Å². The fraction of sp³-hybridized carbons (Fsp3) is 0.562. The van der Waals surface area contributed by atoms with E-state index in [2.05, 4.69) is 29.8 Å². The van der Waals surface area contributed by atoms with E-state index in [4.69, 9.17) is 4.74 Å². The van der Waals surface area contributed by atoms with Crippen LogP contribution >= 0.6 is 0 Å². The van der Waals surface area contributed by atoms with E-state index in [0.29, 0.717) is 6.61 Å². The molecule has 0 aromatic heterocycles. The summed E-state index contributed by atoms with van der Waals surface area (Å²) in [7, 11) is 2.14. The highest BCUT2D eigenvalue weighted by Crippen LogP contribution is 2.44. The normalized spacial score (nSPS) is 31.1. The highest BCUT2D eigenvalue weighted by Gasteiger charge is 2.48. The van der Waals surface area contributed by atoms with Crippen molar-refractivity contribution in [1.29, 1.82) is 5.26 Å². The molecule has 2 unspecified atom stereocenters. The summed E-state index contributed by atoms with van der Waals surface area (Å²) in [5.74, 6) is 1.04. The molecule has 0 bridgehead atoms. The van der Waals surface area contributed by atoms with Gasteiger partial charge in [0.1, 0.15) is 11.3 Å². The summed E-state index contributed by atoms with van der Waals surface area (Å²) in [6.07, 6.45) is 0. The Labute approximate surface area is 120 Å². The Bertz CT molecular complexity index is 531. The first kappa shape index (κ1) is 13.4. The van der Waals surface area contributed by atoms with Gasteiger partial charge < -0.3 is 9.64 Å². The molecule has 2 aliphatic rings. The van der Waals surface area contributed by atoms with Crippen molar-refractivity contribution in [2.24, 2.45) is 5.92 Å². The first-order chi connectivity index (χ1) is 9.68. The van der Waals surface area contributed by atoms with Gasteiger partial charge in [-0.25, -0.2) is 0 Å². The van der Waals surface area contributed by atoms with Crippen LogP contribution in [0.15, 0.2) is 24.3 Å². The molecule has 0 aliphatic carbocycles. The molecule has 0 N–H and O–H groups in total. The number of nitriles is 1. The quantitative estimate of drug-likeness (QED) is 0.779. The molecule has 1 saturated heterocycles. The van der Waals surface area contributed by atoms with Gasteiger partial charge in [0.05, 0.1) is 12.7 Å². The number of likely N-dealkylation sites (N-methyl/N-ethyl adjacent to an activating group) is 1. The van der Waals surface area contributed by atoms with Gasteiger partial charge in [-0.05, 0) is 13.1 Å². The Morgan fingerprint density at radius 3 is 2.65 bits per heavy atom. The van der Waals surface area contributed by atoms with Crippen LogP contribution < -0.4 is 4.74 Å². The number of fused-ring (bicyclic) bond motifs is 1. The van der Waals surface area contributed by atoms with E-state index in [0.717, 1.165) is 37.5 Å². The maximum atomic E-state index is 10.0. The number of hydrogen-bond donors (Lipinski definition) is 0. The zero-order valence-corrected chi connectivity index (χ0v) is 12.2. The van der Waals surface area contributed by atoms with Crippen molar-refractivity contribution in [2.75, 3.05) is 39.8 Å². The second-order valence-electron chi connectivity index (χ2n) is 5.88. The molecule has 4 heteroatoms. The monoisotopic (exact) mass is 271 g/mol. The Kier molecular flexibility index (Phi) is 3.41. The van der Waals surface area contributed by atoms with Crippen LogP contribution in [-0.2, 0) is 5.54 Å². The minimum Gasteiger partial charge on any atom is -0.493 e. The smallest absolute Gasteiger partial charge is 0.144 e. The second kappa shape index (κ2) is 5.08. The van der Waals surface area contributed by atoms with E-state index < -0.39 is 5.54 Å². The van der Waals surface area contributed by atoms with Crippen LogP contribution in [0.2, 0.25) is 0 Å². The predicted octanol–water partition coefficient (Wildman–Crippen LogP) is 1.68. The maximum absolute atomic E-state index is 10.0. The third kappa shape index (κ3) is 1.90. The molecule has 3 rings (SSSR count). The minimum atomic E-state index is -0.546. The van der Waals surface area contributed by atoms with Crippen molar-refractivity contribution >= 4 is 0 Å². The first-order valence-electron chi connectivity index (χ1n) is 7.25. The van der Waals surface area contributed by atoms with Crippen LogP contribution in [0.1, 0.15) is 12.5 Å². The van der Waals surface area contributed by atoms with E-state index in [9.17, 15) is 5.26 Å². The Morgan fingerprint density at radius 1 is 1.25 bits per heavy atom. The molecular weight excluding hydrogens is 250 g/mol. The minimum absolute atomic E-state index is 0.172. The van der Waals surface area contributed by atoms with Gasteiger partial charge in [-0.15, -0.1) is 0 Å². The SMILES string of the molecule is CC1COc2ccccc2C1(C#N)N1CCN(C)CC1. The summed E-state index contributed by atoms with van der Waals surface area (Å²) in [5, 5.41) is 10.0. The Balaban J connectivity index is 2.05. The molecule has 0 spiro atoms. The number of ether oxygens (including phenoxy) is 1. The molecule has 2 heterocycles. The summed E-state index contributed by atoms with van der Waals surface area (Å²) in [4.78, 5) is 4.66. The average molecular weight is 271 g/mol. The highest BCUT2D eigenvalue weighted by molar-refractivity contribution is 5.45. The number of para-hydroxylation sites is 1. The van der Waals surface area contributed by atoms with Gasteiger partial charge in [-0.2, -0.15) is 5.26 Å². The number of hydrogen-bond acceptors (Lipinski definition) is 4. The van der Waals surface area contributed by atoms with Crippen LogP contribution in [-0.4, -0.2) is 49.6 Å². The lowest BCUT2D eigenvalue weighted by Gasteiger charge is -2.48. The van der Waals surface area contributed by atoms with Crippen LogP contribution in [0, 0.1) is 17.2 Å². The lowest BCUT2D eigenvalue weighted by Crippen LogP contribution is -2.59. The summed E-state index contributed by atoms with van der Waals surface area (Å²) in [5.41, 5.74) is 0.488. The van der Waals surface area contributed by atoms with Gasteiger partial charge in [0.15, 0.2) is 0 Å². The molecule has 1 aromatic rings. The van der Waals surface area contributed by atoms with E-state index >= 15 is 0 Å². The number of benzene rings is 1. The zero-order valence-electron chi connectivity index (χ0n) is 12.2. The fourth-order valence-corrected chi connectivity index (χ4v) is 3.39. The van der Waals surface area contributed by atoms with Gasteiger partial charge in [-0.1, -0.05) is 25.1 Å². The molecule has 2 atom stereocenters. The molecule has 1 aromatic carbocycles. The van der Waals surface area contributed by atoms with E-state index in [1.807, 2.05) is 24.3 Å². The molecule has 1 fully saturated rings. The average Bonchev–Trinajstić information content (AvgIpc) is 2.49. The summed E-state index contributed by atoms with van der Waals surface area (Å²) in [6, 6.07) is 10.6. The molecule has 0 amide bonds. The molecule has 0 saturated carbocycles. The highest BCUT2D eigenvalue weighted by atomic mass is 16.5. The van der Waals surface area contributed by atoms with Crippen molar-refractivity contribution < 1.29 is 4.74 Å². The van der Waals surface area contributed by atoms with E-state index in [-0.39, 0.29) is 5.92 Å². The van der Waals surface area contributed by atoms with E-state index in [1.165, 1.54) is 0 Å². The van der Waals surface area contributed by atoms with Gasteiger partial charge in [-0.3, -0.25) is 4.90 Å². The van der Waals surface area contributed by atoms with Crippen molar-refractivity contribution in [1.82, 2.24) is 9.80 Å². The van der Waals surface area contributed by atoms with Crippen molar-refractivity contribution in [2.45, 2.75) is 12.5 Å². The van der Waals surface area contributed by atoms with Crippen LogP contribution in [0.3, 0.4) is 0 Å². The molecule has 4 nitrogen and oxygen atoms in total. The van der Waals surface area contributed by atoms with Gasteiger partial charge in [0.25, 0.3) is 0 Å². The molecule has 2 aliphatic heterocycles. The topological polar surface area (TPSA) is 39.5 Å². The summed E-state index contributed by atoms with van der Waals surface area (Å²) in [6.45, 7) is 6.62. The summed E-state index contributed by atoms with van der Waals surface area (Å²) >= 11 is 0. The van der Waals surface area contributed by atoms with Gasteiger partial charge >= 0.3 is 0 Å². The Hall–Kier alpha value is -1.57. The largest absolute Gasteiger partial charge is 0.493 e. The lowest BCUT2D eigenvalue weighted by molar-refractivity contribution is 0.00726. The standard InChI is InChI=1S/C16H21N3O/c1-13-11-20-15-6-4-3-5-14(15)16(13,12-17)19-9-7-18(2)8-10-19/h3-6,13H,7-11H2,1-2H3. The first-order valence-corrected chi connectivity index (χ1v) is 7.25. The van der Waals surface area contributed by atoms with Crippen LogP contribution in [0.4, 0.5) is 0 Å². The molecule has 0 radical (unpaired) electrons. The fourth-order valence-electron chi connectivity index (χ4n) is 3.39. The van der Waals surface area contributed by atoms with Gasteiger partial charge in [0.2, 0.25) is 0 Å². The third-order valence-electron chi connectivity index (χ3n) is 4.67. The molecule has 20 heavy (non-hydrogen) atoms. The Morgan fingerprint density at radius 2 is 1.95 bits per heavy atom. The van der Waals surface area contributed by atoms with Crippen LogP contribution in [0.5, 0.6) is 5.75 Å². The lowest BCUT2D eigenvalue weighted by atomic mass is 9.76. The van der Waals surface area contributed by atoms with Crippen LogP contribution in [0.25, 0.3) is 0 Å². The molecular formula is C16H21N3O. The zero-order chi connectivity index (χ0) is 14.2. The number of nitrogens with zero attached hydrogens (tertiary/aromatic N) is 3. The maximum Gasteiger partial charge on any atom is 0.144 e. The number of rotatable bonds is 1. The number of piperazine rings is 1. The summed E-state index contributed by atoms with van der Waals surface area (Å²) < 4.78 is 5.82. The molecule has 106 valence electrons. The second-order valence-corrected chi connectivity index (χ2v) is 5.88. The predicted molar refractivity (Wildman–Crippen MR) is 77.5 cm³/mol. The third-order valence-corrected chi connectivity index (χ3v) is 4.67. The van der Waals surface area contributed by atoms with Crippen molar-refractivity contribution in [3.05, 3.63) is 29.8 Å². The van der Waals surface area contributed by atoms with Gasteiger partial charge in [0, 0.05) is 37.7 Å².